The molecule has 0 amide bonds. The fourth-order valence-corrected chi connectivity index (χ4v) is 3.24. The second-order valence-corrected chi connectivity index (χ2v) is 5.79. The molecule has 0 aliphatic carbocycles. The summed E-state index contributed by atoms with van der Waals surface area (Å²) in [5.74, 6) is -0.211. The van der Waals surface area contributed by atoms with Gasteiger partial charge in [-0.3, -0.25) is 9.36 Å². The molecule has 0 unspecified atom stereocenters. The molecular weight excluding hydrogens is 385 g/mol. The highest BCUT2D eigenvalue weighted by Crippen LogP contribution is 2.52. The Bertz CT molecular complexity index is 162. The third-order valence-electron chi connectivity index (χ3n) is 0.627. The summed E-state index contributed by atoms with van der Waals surface area (Å²) in [5, 5.41) is 0. The monoisotopic (exact) mass is 390 g/mol. The summed E-state index contributed by atoms with van der Waals surface area (Å²) in [7, 11) is -3.11. The van der Waals surface area contributed by atoms with E-state index in [2.05, 4.69) is 5.71 Å². The molecule has 0 bridgehead atoms. The lowest BCUT2D eigenvalue weighted by Gasteiger charge is -2.06. The zero-order valence-corrected chi connectivity index (χ0v) is 10.3. The summed E-state index contributed by atoms with van der Waals surface area (Å²) in [6, 6.07) is 0. The van der Waals surface area contributed by atoms with Gasteiger partial charge in [-0.25, -0.2) is 5.71 Å². The predicted molar refractivity (Wildman–Crippen MR) is 53.4 cm³/mol. The van der Waals surface area contributed by atoms with Crippen LogP contribution in [-0.4, -0.2) is 11.9 Å². The zero-order valence-electron chi connectivity index (χ0n) is 5.04. The van der Waals surface area contributed by atoms with E-state index in [1.165, 1.54) is 52.9 Å². The molecule has 0 spiro atoms. The smallest absolute Gasteiger partial charge is 0.299 e. The number of carbonyl (C=O) groups is 1. The highest BCUT2D eigenvalue weighted by atomic mass is 127. The fourth-order valence-electron chi connectivity index (χ4n) is 0.332. The van der Waals surface area contributed by atoms with E-state index in [9.17, 15) is 9.36 Å². The highest BCUT2D eigenvalue weighted by Gasteiger charge is 2.25. The molecule has 0 rings (SSSR count). The summed E-state index contributed by atoms with van der Waals surface area (Å²) >= 11 is 2.91. The molecule has 7 heteroatoms. The van der Waals surface area contributed by atoms with Gasteiger partial charge in [-0.1, -0.05) is 0 Å². The van der Waals surface area contributed by atoms with E-state index in [1.54, 1.807) is 0 Å². The molecule has 4 nitrogen and oxygen atoms in total. The van der Waals surface area contributed by atoms with Crippen LogP contribution in [0.4, 0.5) is 0 Å². The Labute approximate surface area is 86.9 Å². The van der Waals surface area contributed by atoms with Crippen molar-refractivity contribution >= 4 is 59.4 Å². The lowest BCUT2D eigenvalue weighted by Crippen LogP contribution is -1.99. The lowest BCUT2D eigenvalue weighted by molar-refractivity contribution is -0.114. The molecule has 0 aromatic rings. The average molecular weight is 390 g/mol. The van der Waals surface area contributed by atoms with Crippen LogP contribution in [-0.2, 0) is 15.1 Å². The van der Waals surface area contributed by atoms with Crippen molar-refractivity contribution in [3.63, 3.8) is 0 Å². The van der Waals surface area contributed by atoms with E-state index < -0.39 is 7.60 Å². The molecule has 0 saturated carbocycles. The largest absolute Gasteiger partial charge is 0.356 e. The quantitative estimate of drug-likeness (QED) is 0.547. The number of hydrogen-bond donors (Lipinski definition) is 0. The van der Waals surface area contributed by atoms with Crippen LogP contribution < -0.4 is 0 Å². The molecule has 0 fully saturated rings. The summed E-state index contributed by atoms with van der Waals surface area (Å²) in [6.07, 6.45) is -0.168. The van der Waals surface area contributed by atoms with Crippen molar-refractivity contribution in [1.29, 1.82) is 0 Å². The first-order valence-electron chi connectivity index (χ1n) is 2.23. The molecule has 0 N–H and O–H groups in total. The Morgan fingerprint density at radius 3 is 2.00 bits per heavy atom. The SMILES string of the molecule is CC(=O)CP(=O)(OI)OI. The van der Waals surface area contributed by atoms with Gasteiger partial charge in [-0.2, -0.15) is 0 Å². The van der Waals surface area contributed by atoms with Crippen molar-refractivity contribution in [2.24, 2.45) is 0 Å². The van der Waals surface area contributed by atoms with Crippen LogP contribution in [0.5, 0.6) is 0 Å². The predicted octanol–water partition coefficient (Wildman–Crippen LogP) is 2.50. The Hall–Kier alpha value is 1.28. The minimum Gasteiger partial charge on any atom is -0.299 e. The van der Waals surface area contributed by atoms with Gasteiger partial charge in [0.25, 0.3) is 0 Å². The standard InChI is InChI=1S/C3H5I2O4P/c1-3(6)2-10(7,8-4)9-5/h2H2,1H3. The van der Waals surface area contributed by atoms with Gasteiger partial charge >= 0.3 is 7.60 Å². The van der Waals surface area contributed by atoms with Crippen molar-refractivity contribution in [2.75, 3.05) is 6.16 Å². The van der Waals surface area contributed by atoms with Gasteiger partial charge in [0.15, 0.2) is 0 Å². The van der Waals surface area contributed by atoms with Crippen LogP contribution in [0.25, 0.3) is 0 Å². The van der Waals surface area contributed by atoms with Crippen LogP contribution in [0.15, 0.2) is 0 Å². The first-order valence-corrected chi connectivity index (χ1v) is 5.72. The number of ketones is 1. The van der Waals surface area contributed by atoms with E-state index in [0.29, 0.717) is 0 Å². The summed E-state index contributed by atoms with van der Waals surface area (Å²) in [4.78, 5) is 10.4. The fraction of sp³-hybridized carbons (Fsp3) is 0.667. The highest BCUT2D eigenvalue weighted by molar-refractivity contribution is 14.1. The second kappa shape index (κ2) is 5.02. The Kier molecular flexibility index (Phi) is 5.66. The minimum absolute atomic E-state index is 0.168. The van der Waals surface area contributed by atoms with Crippen LogP contribution >= 0.6 is 53.6 Å². The second-order valence-electron chi connectivity index (χ2n) is 1.61. The lowest BCUT2D eigenvalue weighted by atomic mass is 10.5. The first-order chi connectivity index (χ1) is 4.54. The van der Waals surface area contributed by atoms with Crippen molar-refractivity contribution in [1.82, 2.24) is 0 Å². The third kappa shape index (κ3) is 4.22. The Balaban J connectivity index is 4.07. The first kappa shape index (κ1) is 11.3. The van der Waals surface area contributed by atoms with E-state index in [0.717, 1.165) is 0 Å². The number of hydrogen-bond acceptors (Lipinski definition) is 4. The van der Waals surface area contributed by atoms with Crippen LogP contribution in [0.3, 0.4) is 0 Å². The average Bonchev–Trinajstić information content (AvgIpc) is 1.87. The van der Waals surface area contributed by atoms with E-state index >= 15 is 0 Å². The topological polar surface area (TPSA) is 52.6 Å². The van der Waals surface area contributed by atoms with Crippen molar-refractivity contribution < 1.29 is 15.1 Å². The van der Waals surface area contributed by atoms with Gasteiger partial charge in [0.1, 0.15) is 58.0 Å². The van der Waals surface area contributed by atoms with Crippen molar-refractivity contribution in [2.45, 2.75) is 6.92 Å². The van der Waals surface area contributed by atoms with Crippen molar-refractivity contribution in [3.8, 4) is 0 Å². The molecule has 0 radical (unpaired) electrons. The van der Waals surface area contributed by atoms with Crippen LogP contribution in [0.1, 0.15) is 6.92 Å². The summed E-state index contributed by atoms with van der Waals surface area (Å²) in [5.41, 5.74) is 0. The van der Waals surface area contributed by atoms with Gasteiger partial charge in [0.2, 0.25) is 0 Å². The molecule has 0 aliphatic heterocycles. The molecule has 0 aliphatic rings. The molecule has 10 heavy (non-hydrogen) atoms. The molecule has 60 valence electrons. The molecule has 0 aromatic carbocycles. The van der Waals surface area contributed by atoms with Gasteiger partial charge in [-0.05, 0) is 6.92 Å². The maximum absolute atomic E-state index is 11.1. The van der Waals surface area contributed by atoms with Gasteiger partial charge in [0, 0.05) is 0 Å². The van der Waals surface area contributed by atoms with Gasteiger partial charge in [-0.15, -0.1) is 0 Å². The third-order valence-corrected chi connectivity index (χ3v) is 5.48. The molecule has 0 aromatic heterocycles. The number of carbonyl (C=O) groups excluding carboxylic acids is 1. The minimum atomic E-state index is -3.11. The van der Waals surface area contributed by atoms with Crippen LogP contribution in [0, 0.1) is 0 Å². The number of rotatable bonds is 4. The molecule has 0 atom stereocenters. The Morgan fingerprint density at radius 2 is 1.90 bits per heavy atom. The Morgan fingerprint density at radius 1 is 1.50 bits per heavy atom. The maximum Gasteiger partial charge on any atom is 0.356 e. The molecule has 0 heterocycles. The molecular formula is C3H5I2O4P. The van der Waals surface area contributed by atoms with E-state index in [-0.39, 0.29) is 11.9 Å². The zero-order chi connectivity index (χ0) is 8.20. The molecule has 0 saturated heterocycles. The van der Waals surface area contributed by atoms with E-state index in [4.69, 9.17) is 0 Å². The van der Waals surface area contributed by atoms with Gasteiger partial charge < -0.3 is 0 Å². The number of Topliss-reactive ketones (excluding diaryl/α,β-unsaturated/α-hetero) is 1. The van der Waals surface area contributed by atoms with Crippen molar-refractivity contribution in [3.05, 3.63) is 0 Å². The van der Waals surface area contributed by atoms with E-state index in [1.807, 2.05) is 0 Å². The summed E-state index contributed by atoms with van der Waals surface area (Å²) in [6.45, 7) is 1.33. The number of halogens is 2. The normalized spacial score (nSPS) is 11.5. The summed E-state index contributed by atoms with van der Waals surface area (Å²) < 4.78 is 20.0. The van der Waals surface area contributed by atoms with Gasteiger partial charge in [0.05, 0.1) is 0 Å². The maximum atomic E-state index is 11.1. The van der Waals surface area contributed by atoms with Crippen LogP contribution in [0.2, 0.25) is 0 Å².